The number of likely N-dealkylation sites (tertiary alicyclic amines) is 1. The number of nitrogens with zero attached hydrogens (tertiary/aromatic N) is 3. The molecule has 0 saturated carbocycles. The Morgan fingerprint density at radius 3 is 2.73 bits per heavy atom. The van der Waals surface area contributed by atoms with Crippen LogP contribution in [0, 0.1) is 13.8 Å². The Bertz CT molecular complexity index is 1140. The van der Waals surface area contributed by atoms with Gasteiger partial charge in [-0.05, 0) is 74.2 Å². The number of thioether (sulfide) groups is 1. The van der Waals surface area contributed by atoms with Gasteiger partial charge in [-0.15, -0.1) is 0 Å². The van der Waals surface area contributed by atoms with E-state index >= 15 is 0 Å². The molecule has 2 amide bonds. The van der Waals surface area contributed by atoms with Crippen molar-refractivity contribution in [2.24, 2.45) is 5.73 Å². The van der Waals surface area contributed by atoms with E-state index in [0.29, 0.717) is 6.54 Å². The lowest BCUT2D eigenvalue weighted by Gasteiger charge is -2.22. The van der Waals surface area contributed by atoms with E-state index in [2.05, 4.69) is 47.2 Å². The molecule has 2 aromatic carbocycles. The molecule has 0 radical (unpaired) electrons. The maximum Gasteiger partial charge on any atom is 0.234 e. The van der Waals surface area contributed by atoms with Crippen LogP contribution in [0.25, 0.3) is 5.69 Å². The Morgan fingerprint density at radius 2 is 1.97 bits per heavy atom. The smallest absolute Gasteiger partial charge is 0.234 e. The predicted molar refractivity (Wildman–Crippen MR) is 131 cm³/mol. The average molecular weight is 464 g/mol. The van der Waals surface area contributed by atoms with Crippen molar-refractivity contribution in [1.29, 1.82) is 0 Å². The molecule has 1 saturated heterocycles. The van der Waals surface area contributed by atoms with Crippen molar-refractivity contribution in [3.63, 3.8) is 0 Å². The highest BCUT2D eigenvalue weighted by Crippen LogP contribution is 2.24. The molecule has 1 aliphatic heterocycles. The Labute approximate surface area is 198 Å². The van der Waals surface area contributed by atoms with Gasteiger partial charge in [0.1, 0.15) is 0 Å². The highest BCUT2D eigenvalue weighted by Gasteiger charge is 2.28. The fraction of sp³-hybridized carbons (Fsp3) is 0.320. The number of amides is 2. The topological polar surface area (TPSA) is 93.2 Å². The van der Waals surface area contributed by atoms with Crippen LogP contribution in [0.5, 0.6) is 0 Å². The lowest BCUT2D eigenvalue weighted by Crippen LogP contribution is -2.39. The van der Waals surface area contributed by atoms with Gasteiger partial charge in [-0.1, -0.05) is 30.0 Å². The second kappa shape index (κ2) is 10.2. The first-order chi connectivity index (χ1) is 15.9. The SMILES string of the molecule is Cc1cc(C)cc(-n2ccnc2SCC(=O)Nc2cccc(CN3CCCC3C(N)=O)c2)c1. The van der Waals surface area contributed by atoms with Gasteiger partial charge in [-0.25, -0.2) is 4.98 Å². The Balaban J connectivity index is 1.36. The number of carbonyl (C=O) groups excluding carboxylic acids is 2. The zero-order valence-corrected chi connectivity index (χ0v) is 19.8. The van der Waals surface area contributed by atoms with Crippen LogP contribution in [0.4, 0.5) is 5.69 Å². The molecule has 3 N–H and O–H groups in total. The van der Waals surface area contributed by atoms with E-state index < -0.39 is 0 Å². The number of nitrogens with one attached hydrogen (secondary N) is 1. The first kappa shape index (κ1) is 23.1. The van der Waals surface area contributed by atoms with Crippen LogP contribution in [-0.2, 0) is 16.1 Å². The third kappa shape index (κ3) is 5.83. The largest absolute Gasteiger partial charge is 0.368 e. The van der Waals surface area contributed by atoms with Crippen molar-refractivity contribution >= 4 is 29.3 Å². The summed E-state index contributed by atoms with van der Waals surface area (Å²) < 4.78 is 2.00. The van der Waals surface area contributed by atoms with Gasteiger partial charge in [0, 0.05) is 30.3 Å². The Hall–Kier alpha value is -3.10. The molecule has 33 heavy (non-hydrogen) atoms. The van der Waals surface area contributed by atoms with E-state index in [-0.39, 0.29) is 23.6 Å². The van der Waals surface area contributed by atoms with Crippen LogP contribution in [0.15, 0.2) is 60.0 Å². The lowest BCUT2D eigenvalue weighted by molar-refractivity contribution is -0.122. The number of primary amides is 1. The van der Waals surface area contributed by atoms with Crippen molar-refractivity contribution in [3.05, 3.63) is 71.5 Å². The monoisotopic (exact) mass is 463 g/mol. The summed E-state index contributed by atoms with van der Waals surface area (Å²) in [5.74, 6) is -0.112. The maximum atomic E-state index is 12.6. The number of nitrogens with two attached hydrogens (primary N) is 1. The molecule has 4 rings (SSSR count). The molecule has 1 atom stereocenters. The van der Waals surface area contributed by atoms with Crippen molar-refractivity contribution in [1.82, 2.24) is 14.5 Å². The van der Waals surface area contributed by atoms with E-state index in [1.807, 2.05) is 35.0 Å². The lowest BCUT2D eigenvalue weighted by atomic mass is 10.1. The van der Waals surface area contributed by atoms with Crippen LogP contribution < -0.4 is 11.1 Å². The molecule has 1 aromatic heterocycles. The van der Waals surface area contributed by atoms with Gasteiger partial charge in [0.25, 0.3) is 0 Å². The number of imidazole rings is 1. The summed E-state index contributed by atoms with van der Waals surface area (Å²) in [5, 5.41) is 3.75. The average Bonchev–Trinajstić information content (AvgIpc) is 3.41. The zero-order valence-electron chi connectivity index (χ0n) is 19.0. The van der Waals surface area contributed by atoms with Crippen LogP contribution >= 0.6 is 11.8 Å². The second-order valence-electron chi connectivity index (χ2n) is 8.49. The molecule has 1 unspecified atom stereocenters. The first-order valence-corrected chi connectivity index (χ1v) is 12.0. The number of aryl methyl sites for hydroxylation is 2. The number of rotatable bonds is 8. The van der Waals surface area contributed by atoms with Gasteiger partial charge >= 0.3 is 0 Å². The highest BCUT2D eigenvalue weighted by molar-refractivity contribution is 7.99. The zero-order chi connectivity index (χ0) is 23.4. The van der Waals surface area contributed by atoms with Crippen LogP contribution in [0.2, 0.25) is 0 Å². The third-order valence-electron chi connectivity index (χ3n) is 5.71. The molecule has 7 nitrogen and oxygen atoms in total. The second-order valence-corrected chi connectivity index (χ2v) is 9.44. The van der Waals surface area contributed by atoms with Crippen molar-refractivity contribution in [2.45, 2.75) is 44.4 Å². The van der Waals surface area contributed by atoms with Crippen molar-refractivity contribution < 1.29 is 9.59 Å². The molecule has 172 valence electrons. The van der Waals surface area contributed by atoms with E-state index in [1.54, 1.807) is 6.20 Å². The fourth-order valence-corrected chi connectivity index (χ4v) is 5.10. The van der Waals surface area contributed by atoms with Crippen LogP contribution in [-0.4, -0.2) is 44.6 Å². The van der Waals surface area contributed by atoms with E-state index in [1.165, 1.54) is 22.9 Å². The van der Waals surface area contributed by atoms with Crippen LogP contribution in [0.1, 0.15) is 29.5 Å². The molecule has 2 heterocycles. The summed E-state index contributed by atoms with van der Waals surface area (Å²) in [6, 6.07) is 13.9. The molecule has 0 aliphatic carbocycles. The van der Waals surface area contributed by atoms with Crippen molar-refractivity contribution in [3.8, 4) is 5.69 Å². The number of hydrogen-bond acceptors (Lipinski definition) is 5. The predicted octanol–water partition coefficient (Wildman–Crippen LogP) is 3.67. The standard InChI is InChI=1S/C25H29N5O2S/c1-17-11-18(2)13-21(12-17)30-10-8-27-25(30)33-16-23(31)28-20-6-3-5-19(14-20)15-29-9-4-7-22(29)24(26)32/h3,5-6,8,10-14,22H,4,7,9,15-16H2,1-2H3,(H2,26,32)(H,28,31). The molecule has 1 fully saturated rings. The van der Waals surface area contributed by atoms with Gasteiger partial charge in [0.2, 0.25) is 11.8 Å². The molecule has 8 heteroatoms. The minimum absolute atomic E-state index is 0.0942. The number of hydrogen-bond donors (Lipinski definition) is 2. The van der Waals surface area contributed by atoms with E-state index in [0.717, 1.165) is 41.5 Å². The molecule has 0 bridgehead atoms. The van der Waals surface area contributed by atoms with Gasteiger partial charge in [-0.2, -0.15) is 0 Å². The summed E-state index contributed by atoms with van der Waals surface area (Å²) >= 11 is 1.40. The quantitative estimate of drug-likeness (QED) is 0.497. The van der Waals surface area contributed by atoms with Gasteiger partial charge in [0.05, 0.1) is 11.8 Å². The summed E-state index contributed by atoms with van der Waals surface area (Å²) in [6.45, 7) is 5.63. The Morgan fingerprint density at radius 1 is 1.18 bits per heavy atom. The first-order valence-electron chi connectivity index (χ1n) is 11.1. The molecular formula is C25H29N5O2S. The van der Waals surface area contributed by atoms with Crippen molar-refractivity contribution in [2.75, 3.05) is 17.6 Å². The Kier molecular flexibility index (Phi) is 7.15. The minimum Gasteiger partial charge on any atom is -0.368 e. The molecular weight excluding hydrogens is 434 g/mol. The summed E-state index contributed by atoms with van der Waals surface area (Å²) in [7, 11) is 0. The molecule has 0 spiro atoms. The van der Waals surface area contributed by atoms with Gasteiger partial charge < -0.3 is 11.1 Å². The summed E-state index contributed by atoms with van der Waals surface area (Å²) in [5.41, 5.74) is 10.7. The highest BCUT2D eigenvalue weighted by atomic mass is 32.2. The number of benzene rings is 2. The minimum atomic E-state index is -0.270. The summed E-state index contributed by atoms with van der Waals surface area (Å²) in [6.07, 6.45) is 5.44. The molecule has 1 aliphatic rings. The van der Waals surface area contributed by atoms with E-state index in [4.69, 9.17) is 5.73 Å². The number of anilines is 1. The van der Waals surface area contributed by atoms with Gasteiger partial charge in [-0.3, -0.25) is 19.1 Å². The number of carbonyl (C=O) groups is 2. The molecule has 3 aromatic rings. The van der Waals surface area contributed by atoms with Crippen LogP contribution in [0.3, 0.4) is 0 Å². The normalized spacial score (nSPS) is 16.1. The number of aromatic nitrogens is 2. The third-order valence-corrected chi connectivity index (χ3v) is 6.68. The van der Waals surface area contributed by atoms with E-state index in [9.17, 15) is 9.59 Å². The summed E-state index contributed by atoms with van der Waals surface area (Å²) in [4.78, 5) is 30.8. The maximum absolute atomic E-state index is 12.6. The van der Waals surface area contributed by atoms with Gasteiger partial charge in [0.15, 0.2) is 5.16 Å². The fourth-order valence-electron chi connectivity index (χ4n) is 4.33.